The van der Waals surface area contributed by atoms with Gasteiger partial charge in [-0.1, -0.05) is 29.3 Å². The van der Waals surface area contributed by atoms with Gasteiger partial charge in [0, 0.05) is 22.6 Å². The number of hydrogen-bond acceptors (Lipinski definition) is 2. The average Bonchev–Trinajstić information content (AvgIpc) is 2.25. The second-order valence-electron chi connectivity index (χ2n) is 4.73. The van der Waals surface area contributed by atoms with E-state index in [0.29, 0.717) is 6.42 Å². The molecule has 100 valence electrons. The molecule has 0 radical (unpaired) electrons. The molecule has 0 fully saturated rings. The largest absolute Gasteiger partial charge is 0.327 e. The van der Waals surface area contributed by atoms with Crippen molar-refractivity contribution in [3.8, 4) is 0 Å². The van der Waals surface area contributed by atoms with E-state index < -0.39 is 0 Å². The molecule has 18 heavy (non-hydrogen) atoms. The first kappa shape index (κ1) is 15.2. The number of benzene rings is 1. The number of carbonyl (C=O) groups excluding carboxylic acids is 1. The lowest BCUT2D eigenvalue weighted by atomic mass is 10.1. The van der Waals surface area contributed by atoms with E-state index >= 15 is 0 Å². The minimum atomic E-state index is -0.0485. The second kappa shape index (κ2) is 6.90. The Kier molecular flexibility index (Phi) is 5.82. The smallest absolute Gasteiger partial charge is 0.225 e. The van der Waals surface area contributed by atoms with Crippen LogP contribution in [0.15, 0.2) is 16.6 Å². The lowest BCUT2D eigenvalue weighted by Crippen LogP contribution is -2.26. The summed E-state index contributed by atoms with van der Waals surface area (Å²) in [4.78, 5) is 11.8. The van der Waals surface area contributed by atoms with Crippen LogP contribution in [0.1, 0.15) is 37.3 Å². The lowest BCUT2D eigenvalue weighted by molar-refractivity contribution is -0.116. The van der Waals surface area contributed by atoms with Gasteiger partial charge < -0.3 is 11.1 Å². The fourth-order valence-electron chi connectivity index (χ4n) is 1.94. The van der Waals surface area contributed by atoms with E-state index in [4.69, 9.17) is 5.73 Å². The highest BCUT2D eigenvalue weighted by Crippen LogP contribution is 2.25. The van der Waals surface area contributed by atoms with E-state index in [2.05, 4.69) is 28.2 Å². The number of amides is 1. The summed E-state index contributed by atoms with van der Waals surface area (Å²) >= 11 is 3.51. The Hall–Kier alpha value is -0.870. The summed E-state index contributed by atoms with van der Waals surface area (Å²) in [6, 6.07) is 3.87. The molecule has 1 aromatic carbocycles. The molecule has 0 spiro atoms. The summed E-state index contributed by atoms with van der Waals surface area (Å²) in [5.74, 6) is -0.0166. The number of anilines is 1. The predicted octanol–water partition coefficient (Wildman–Crippen LogP) is 3.52. The molecule has 0 saturated carbocycles. The highest BCUT2D eigenvalue weighted by Gasteiger charge is 2.10. The molecule has 1 atom stereocenters. The van der Waals surface area contributed by atoms with E-state index in [-0.39, 0.29) is 11.9 Å². The van der Waals surface area contributed by atoms with E-state index in [1.807, 2.05) is 26.0 Å². The first-order valence-corrected chi connectivity index (χ1v) is 7.05. The molecule has 0 aliphatic carbocycles. The zero-order valence-corrected chi connectivity index (χ0v) is 12.8. The van der Waals surface area contributed by atoms with Crippen molar-refractivity contribution in [2.45, 2.75) is 46.1 Å². The summed E-state index contributed by atoms with van der Waals surface area (Å²) in [6.45, 7) is 6.09. The molecule has 0 heterocycles. The Morgan fingerprint density at radius 3 is 2.44 bits per heavy atom. The third-order valence-corrected chi connectivity index (χ3v) is 4.08. The minimum absolute atomic E-state index is 0.0166. The molecule has 1 aromatic rings. The summed E-state index contributed by atoms with van der Waals surface area (Å²) < 4.78 is 1.09. The Balaban J connectivity index is 2.65. The van der Waals surface area contributed by atoms with E-state index in [1.165, 1.54) is 0 Å². The average molecular weight is 313 g/mol. The Bertz CT molecular complexity index is 409. The van der Waals surface area contributed by atoms with Crippen LogP contribution in [0, 0.1) is 13.8 Å². The van der Waals surface area contributed by atoms with Gasteiger partial charge >= 0.3 is 0 Å². The van der Waals surface area contributed by atoms with Gasteiger partial charge in [0.25, 0.3) is 0 Å². The third-order valence-electron chi connectivity index (χ3n) is 2.83. The maximum absolute atomic E-state index is 11.8. The summed E-state index contributed by atoms with van der Waals surface area (Å²) in [7, 11) is 0. The fraction of sp³-hybridized carbons (Fsp3) is 0.500. The molecule has 3 N–H and O–H groups in total. The van der Waals surface area contributed by atoms with Gasteiger partial charge in [-0.3, -0.25) is 4.79 Å². The van der Waals surface area contributed by atoms with Crippen LogP contribution in [-0.4, -0.2) is 11.9 Å². The van der Waals surface area contributed by atoms with Crippen molar-refractivity contribution < 1.29 is 4.79 Å². The van der Waals surface area contributed by atoms with Gasteiger partial charge in [0.15, 0.2) is 0 Å². The van der Waals surface area contributed by atoms with Gasteiger partial charge in [0.2, 0.25) is 5.91 Å². The molecule has 1 unspecified atom stereocenters. The zero-order chi connectivity index (χ0) is 13.7. The van der Waals surface area contributed by atoms with Gasteiger partial charge in [-0.05, 0) is 43.5 Å². The van der Waals surface area contributed by atoms with Gasteiger partial charge in [0.1, 0.15) is 0 Å². The summed E-state index contributed by atoms with van der Waals surface area (Å²) in [5.41, 5.74) is 8.92. The number of nitrogens with one attached hydrogen (secondary N) is 1. The predicted molar refractivity (Wildman–Crippen MR) is 79.7 cm³/mol. The molecule has 1 rings (SSSR count). The maximum Gasteiger partial charge on any atom is 0.225 e. The number of aryl methyl sites for hydroxylation is 2. The van der Waals surface area contributed by atoms with Crippen LogP contribution in [0.2, 0.25) is 0 Å². The van der Waals surface area contributed by atoms with Crippen molar-refractivity contribution in [3.63, 3.8) is 0 Å². The molecule has 3 nitrogen and oxygen atoms in total. The van der Waals surface area contributed by atoms with Crippen LogP contribution < -0.4 is 11.1 Å². The monoisotopic (exact) mass is 312 g/mol. The number of halogens is 1. The minimum Gasteiger partial charge on any atom is -0.327 e. The SMILES string of the molecule is CCCC(N)CC(=O)Nc1cc(C)c(Br)c(C)c1. The molecule has 1 amide bonds. The highest BCUT2D eigenvalue weighted by atomic mass is 79.9. The lowest BCUT2D eigenvalue weighted by Gasteiger charge is -2.12. The van der Waals surface area contributed by atoms with Crippen LogP contribution in [-0.2, 0) is 4.79 Å². The zero-order valence-electron chi connectivity index (χ0n) is 11.2. The van der Waals surface area contributed by atoms with Crippen molar-refractivity contribution >= 4 is 27.5 Å². The van der Waals surface area contributed by atoms with Crippen LogP contribution >= 0.6 is 15.9 Å². The Morgan fingerprint density at radius 2 is 1.94 bits per heavy atom. The highest BCUT2D eigenvalue weighted by molar-refractivity contribution is 9.10. The first-order chi connectivity index (χ1) is 8.43. The number of hydrogen-bond donors (Lipinski definition) is 2. The molecular weight excluding hydrogens is 292 g/mol. The number of carbonyl (C=O) groups is 1. The molecule has 0 aliphatic heterocycles. The van der Waals surface area contributed by atoms with Crippen molar-refractivity contribution in [2.24, 2.45) is 5.73 Å². The molecule has 0 bridgehead atoms. The molecule has 0 saturated heterocycles. The van der Waals surface area contributed by atoms with E-state index in [0.717, 1.165) is 34.1 Å². The van der Waals surface area contributed by atoms with Gasteiger partial charge in [-0.15, -0.1) is 0 Å². The van der Waals surface area contributed by atoms with E-state index in [9.17, 15) is 4.79 Å². The summed E-state index contributed by atoms with van der Waals surface area (Å²) in [6.07, 6.45) is 2.26. The maximum atomic E-state index is 11.8. The third kappa shape index (κ3) is 4.42. The number of rotatable bonds is 5. The van der Waals surface area contributed by atoms with Crippen LogP contribution in [0.25, 0.3) is 0 Å². The van der Waals surface area contributed by atoms with E-state index in [1.54, 1.807) is 0 Å². The normalized spacial score (nSPS) is 12.3. The van der Waals surface area contributed by atoms with Gasteiger partial charge in [-0.25, -0.2) is 0 Å². The van der Waals surface area contributed by atoms with Crippen LogP contribution in [0.3, 0.4) is 0 Å². The molecule has 0 aromatic heterocycles. The topological polar surface area (TPSA) is 55.1 Å². The Morgan fingerprint density at radius 1 is 1.39 bits per heavy atom. The van der Waals surface area contributed by atoms with Crippen molar-refractivity contribution in [2.75, 3.05) is 5.32 Å². The molecule has 4 heteroatoms. The second-order valence-corrected chi connectivity index (χ2v) is 5.52. The summed E-state index contributed by atoms with van der Waals surface area (Å²) in [5, 5.41) is 2.90. The first-order valence-electron chi connectivity index (χ1n) is 6.26. The van der Waals surface area contributed by atoms with Gasteiger partial charge in [-0.2, -0.15) is 0 Å². The van der Waals surface area contributed by atoms with Crippen LogP contribution in [0.5, 0.6) is 0 Å². The van der Waals surface area contributed by atoms with Crippen molar-refractivity contribution in [3.05, 3.63) is 27.7 Å². The Labute approximate surface area is 117 Å². The van der Waals surface area contributed by atoms with Crippen molar-refractivity contribution in [1.82, 2.24) is 0 Å². The fourth-order valence-corrected chi connectivity index (χ4v) is 2.17. The number of nitrogens with two attached hydrogens (primary N) is 1. The van der Waals surface area contributed by atoms with Crippen molar-refractivity contribution in [1.29, 1.82) is 0 Å². The standard InChI is InChI=1S/C14H21BrN2O/c1-4-5-11(16)8-13(18)17-12-6-9(2)14(15)10(3)7-12/h6-7,11H,4-5,8,16H2,1-3H3,(H,17,18). The quantitative estimate of drug-likeness (QED) is 0.874. The van der Waals surface area contributed by atoms with Crippen LogP contribution in [0.4, 0.5) is 5.69 Å². The molecule has 0 aliphatic rings. The van der Waals surface area contributed by atoms with Gasteiger partial charge in [0.05, 0.1) is 0 Å². The molecular formula is C14H21BrN2O.